The van der Waals surface area contributed by atoms with E-state index in [2.05, 4.69) is 17.3 Å². The first-order valence-corrected chi connectivity index (χ1v) is 6.49. The van der Waals surface area contributed by atoms with Gasteiger partial charge in [0.2, 0.25) is 0 Å². The number of nitrogens with one attached hydrogen (secondary N) is 1. The van der Waals surface area contributed by atoms with Gasteiger partial charge in [0.15, 0.2) is 0 Å². The zero-order valence-corrected chi connectivity index (χ0v) is 11.1. The number of aryl methyl sites for hydroxylation is 1. The van der Waals surface area contributed by atoms with E-state index in [0.717, 1.165) is 19.4 Å². The average molecular weight is 237 g/mol. The van der Waals surface area contributed by atoms with Gasteiger partial charge in [-0.25, -0.2) is 0 Å². The number of nitrogens with zero attached hydrogens (tertiary/aromatic N) is 2. The molecule has 1 fully saturated rings. The number of aromatic nitrogens is 2. The van der Waals surface area contributed by atoms with Gasteiger partial charge in [-0.2, -0.15) is 5.10 Å². The van der Waals surface area contributed by atoms with Crippen LogP contribution in [0.3, 0.4) is 0 Å². The highest BCUT2D eigenvalue weighted by atomic mass is 16.5. The van der Waals surface area contributed by atoms with Crippen LogP contribution in [0, 0.1) is 6.92 Å². The monoisotopic (exact) mass is 237 g/mol. The molecule has 0 spiro atoms. The maximum atomic E-state index is 5.67. The van der Waals surface area contributed by atoms with Crippen LogP contribution in [0.2, 0.25) is 0 Å². The van der Waals surface area contributed by atoms with Gasteiger partial charge in [-0.05, 0) is 39.7 Å². The summed E-state index contributed by atoms with van der Waals surface area (Å²) in [5, 5.41) is 7.70. The Balaban J connectivity index is 1.94. The summed E-state index contributed by atoms with van der Waals surface area (Å²) in [7, 11) is 4.01. The molecule has 2 atom stereocenters. The van der Waals surface area contributed by atoms with Crippen molar-refractivity contribution in [2.24, 2.45) is 7.05 Å². The Morgan fingerprint density at radius 2 is 2.47 bits per heavy atom. The molecule has 4 nitrogen and oxygen atoms in total. The van der Waals surface area contributed by atoms with Crippen molar-refractivity contribution in [2.75, 3.05) is 13.7 Å². The third kappa shape index (κ3) is 2.87. The number of rotatable bonds is 5. The second-order valence-corrected chi connectivity index (χ2v) is 4.86. The molecule has 0 saturated carbocycles. The van der Waals surface area contributed by atoms with Crippen LogP contribution in [0.1, 0.15) is 43.0 Å². The Morgan fingerprint density at radius 1 is 1.65 bits per heavy atom. The Morgan fingerprint density at radius 3 is 3.00 bits per heavy atom. The molecule has 0 radical (unpaired) electrons. The lowest BCUT2D eigenvalue weighted by Crippen LogP contribution is -2.19. The maximum absolute atomic E-state index is 5.67. The van der Waals surface area contributed by atoms with Gasteiger partial charge in [-0.1, -0.05) is 0 Å². The first kappa shape index (κ1) is 12.6. The summed E-state index contributed by atoms with van der Waals surface area (Å²) in [5.74, 6) is 0. The molecule has 96 valence electrons. The van der Waals surface area contributed by atoms with E-state index in [1.54, 1.807) is 0 Å². The molecule has 0 amide bonds. The molecule has 1 aromatic heterocycles. The third-order valence-electron chi connectivity index (χ3n) is 3.80. The summed E-state index contributed by atoms with van der Waals surface area (Å²) in [5.41, 5.74) is 2.56. The maximum Gasteiger partial charge on any atom is 0.0576 e. The highest BCUT2D eigenvalue weighted by Crippen LogP contribution is 2.25. The minimum absolute atomic E-state index is 0.396. The van der Waals surface area contributed by atoms with Gasteiger partial charge >= 0.3 is 0 Å². The molecule has 2 rings (SSSR count). The normalized spacial score (nSPS) is 21.9. The van der Waals surface area contributed by atoms with Crippen molar-refractivity contribution < 1.29 is 4.74 Å². The first-order chi connectivity index (χ1) is 8.22. The van der Waals surface area contributed by atoms with Crippen molar-refractivity contribution in [3.63, 3.8) is 0 Å². The van der Waals surface area contributed by atoms with Gasteiger partial charge in [0.1, 0.15) is 0 Å². The van der Waals surface area contributed by atoms with Crippen molar-refractivity contribution in [2.45, 2.75) is 44.8 Å². The molecule has 0 aliphatic carbocycles. The van der Waals surface area contributed by atoms with E-state index in [4.69, 9.17) is 4.74 Å². The molecular formula is C13H23N3O. The summed E-state index contributed by atoms with van der Waals surface area (Å²) in [6.07, 6.45) is 7.16. The van der Waals surface area contributed by atoms with Crippen LogP contribution in [-0.2, 0) is 11.8 Å². The summed E-state index contributed by atoms with van der Waals surface area (Å²) >= 11 is 0. The van der Waals surface area contributed by atoms with Crippen molar-refractivity contribution in [3.05, 3.63) is 17.5 Å². The topological polar surface area (TPSA) is 39.1 Å². The second kappa shape index (κ2) is 5.65. The quantitative estimate of drug-likeness (QED) is 0.850. The van der Waals surface area contributed by atoms with Crippen LogP contribution in [0.4, 0.5) is 0 Å². The van der Waals surface area contributed by atoms with E-state index in [9.17, 15) is 0 Å². The van der Waals surface area contributed by atoms with E-state index in [1.807, 2.05) is 25.0 Å². The Labute approximate surface area is 103 Å². The lowest BCUT2D eigenvalue weighted by Gasteiger charge is -2.18. The van der Waals surface area contributed by atoms with E-state index in [0.29, 0.717) is 12.1 Å². The van der Waals surface area contributed by atoms with Crippen molar-refractivity contribution >= 4 is 0 Å². The Bertz CT molecular complexity index is 356. The van der Waals surface area contributed by atoms with E-state index in [1.165, 1.54) is 24.1 Å². The van der Waals surface area contributed by atoms with Gasteiger partial charge in [0.05, 0.1) is 12.3 Å². The van der Waals surface area contributed by atoms with Crippen LogP contribution in [-0.4, -0.2) is 29.5 Å². The zero-order chi connectivity index (χ0) is 12.3. The van der Waals surface area contributed by atoms with Crippen molar-refractivity contribution in [1.82, 2.24) is 15.1 Å². The number of hydrogen-bond donors (Lipinski definition) is 1. The molecular weight excluding hydrogens is 214 g/mol. The highest BCUT2D eigenvalue weighted by molar-refractivity contribution is 5.20. The Hall–Kier alpha value is -0.870. The number of hydrogen-bond acceptors (Lipinski definition) is 3. The van der Waals surface area contributed by atoms with Gasteiger partial charge in [-0.15, -0.1) is 0 Å². The fourth-order valence-electron chi connectivity index (χ4n) is 2.54. The van der Waals surface area contributed by atoms with Crippen LogP contribution in [0.5, 0.6) is 0 Å². The van der Waals surface area contributed by atoms with Gasteiger partial charge in [0, 0.05) is 31.0 Å². The molecule has 0 bridgehead atoms. The SMILES string of the molecule is CNC(CCC1CCCO1)c1cnn(C)c1C. The predicted octanol–water partition coefficient (Wildman–Crippen LogP) is 1.95. The fraction of sp³-hybridized carbons (Fsp3) is 0.769. The predicted molar refractivity (Wildman–Crippen MR) is 68.0 cm³/mol. The third-order valence-corrected chi connectivity index (χ3v) is 3.80. The van der Waals surface area contributed by atoms with Crippen molar-refractivity contribution in [3.8, 4) is 0 Å². The molecule has 1 saturated heterocycles. The minimum atomic E-state index is 0.396. The summed E-state index contributed by atoms with van der Waals surface area (Å²) in [6, 6.07) is 0.396. The molecule has 1 aliphatic heterocycles. The van der Waals surface area contributed by atoms with Crippen LogP contribution >= 0.6 is 0 Å². The molecule has 17 heavy (non-hydrogen) atoms. The zero-order valence-electron chi connectivity index (χ0n) is 11.1. The minimum Gasteiger partial charge on any atom is -0.378 e. The molecule has 1 aliphatic rings. The summed E-state index contributed by atoms with van der Waals surface area (Å²) < 4.78 is 7.61. The molecule has 1 aromatic rings. The Kier molecular flexibility index (Phi) is 4.18. The smallest absolute Gasteiger partial charge is 0.0576 e. The second-order valence-electron chi connectivity index (χ2n) is 4.86. The average Bonchev–Trinajstić information content (AvgIpc) is 2.94. The van der Waals surface area contributed by atoms with Gasteiger partial charge in [0.25, 0.3) is 0 Å². The summed E-state index contributed by atoms with van der Waals surface area (Å²) in [6.45, 7) is 3.07. The molecule has 2 heterocycles. The van der Waals surface area contributed by atoms with Crippen molar-refractivity contribution in [1.29, 1.82) is 0 Å². The molecule has 4 heteroatoms. The first-order valence-electron chi connectivity index (χ1n) is 6.49. The summed E-state index contributed by atoms with van der Waals surface area (Å²) in [4.78, 5) is 0. The number of ether oxygens (including phenoxy) is 1. The van der Waals surface area contributed by atoms with Gasteiger partial charge < -0.3 is 10.1 Å². The largest absolute Gasteiger partial charge is 0.378 e. The highest BCUT2D eigenvalue weighted by Gasteiger charge is 2.20. The molecule has 2 unspecified atom stereocenters. The molecule has 1 N–H and O–H groups in total. The van der Waals surface area contributed by atoms with E-state index in [-0.39, 0.29) is 0 Å². The van der Waals surface area contributed by atoms with Gasteiger partial charge in [-0.3, -0.25) is 4.68 Å². The lowest BCUT2D eigenvalue weighted by atomic mass is 10.00. The van der Waals surface area contributed by atoms with Crippen LogP contribution in [0.25, 0.3) is 0 Å². The van der Waals surface area contributed by atoms with E-state index >= 15 is 0 Å². The fourth-order valence-corrected chi connectivity index (χ4v) is 2.54. The standard InChI is InChI=1S/C13H23N3O/c1-10-12(9-15-16(10)3)13(14-2)7-6-11-5-4-8-17-11/h9,11,13-14H,4-8H2,1-3H3. The molecule has 0 aromatic carbocycles. The van der Waals surface area contributed by atoms with E-state index < -0.39 is 0 Å². The van der Waals surface area contributed by atoms with Crippen LogP contribution in [0.15, 0.2) is 6.20 Å². The lowest BCUT2D eigenvalue weighted by molar-refractivity contribution is 0.0998. The van der Waals surface area contributed by atoms with Crippen LogP contribution < -0.4 is 5.32 Å².